The number of carbonyl (C=O) groups excluding carboxylic acids is 3. The van der Waals surface area contributed by atoms with Crippen LogP contribution in [0.4, 0.5) is 0 Å². The molecule has 0 bridgehead atoms. The van der Waals surface area contributed by atoms with Gasteiger partial charge in [0.25, 0.3) is 17.7 Å². The summed E-state index contributed by atoms with van der Waals surface area (Å²) in [5, 5.41) is 40.7. The van der Waals surface area contributed by atoms with Crippen molar-refractivity contribution < 1.29 is 82.9 Å². The second-order valence-electron chi connectivity index (χ2n) is 8.77. The molecule has 18 nitrogen and oxygen atoms in total. The Labute approximate surface area is 293 Å². The zero-order chi connectivity index (χ0) is 34.3. The third kappa shape index (κ3) is 13.1. The van der Waals surface area contributed by atoms with E-state index in [4.69, 9.17) is 30.5 Å². The Kier molecular flexibility index (Phi) is 18.9. The fourth-order valence-electron chi connectivity index (χ4n) is 3.04. The third-order valence-electron chi connectivity index (χ3n) is 4.99. The molecular formula is C27H33GdN6O12. The molecule has 46 heavy (non-hydrogen) atoms. The third-order valence-corrected chi connectivity index (χ3v) is 4.99. The van der Waals surface area contributed by atoms with Gasteiger partial charge in [-0.3, -0.25) is 28.8 Å². The molecule has 0 spiro atoms. The van der Waals surface area contributed by atoms with Crippen LogP contribution in [0.2, 0.25) is 0 Å². The summed E-state index contributed by atoms with van der Waals surface area (Å²) >= 11 is 0. The van der Waals surface area contributed by atoms with E-state index in [0.717, 1.165) is 18.2 Å². The second-order valence-corrected chi connectivity index (χ2v) is 8.77. The van der Waals surface area contributed by atoms with Gasteiger partial charge >= 0.3 is 39.9 Å². The summed E-state index contributed by atoms with van der Waals surface area (Å²) in [5.74, 6) is -5.77. The van der Waals surface area contributed by atoms with E-state index in [1.165, 1.54) is 20.8 Å². The first-order valence-corrected chi connectivity index (χ1v) is 13.1. The quantitative estimate of drug-likeness (QED) is 0.121. The Morgan fingerprint density at radius 3 is 0.978 bits per heavy atom. The molecule has 3 amide bonds. The number of nitrogens with two attached hydrogens (primary N) is 3. The van der Waals surface area contributed by atoms with Crippen molar-refractivity contribution in [2.45, 2.75) is 20.8 Å². The van der Waals surface area contributed by atoms with Crippen LogP contribution in [-0.4, -0.2) is 57.0 Å². The van der Waals surface area contributed by atoms with Gasteiger partial charge in [-0.1, -0.05) is 0 Å². The maximum Gasteiger partial charge on any atom is 3.00 e. The molecule has 251 valence electrons. The van der Waals surface area contributed by atoms with Gasteiger partial charge < -0.3 is 61.7 Å². The van der Waals surface area contributed by atoms with Crippen LogP contribution in [0.25, 0.3) is 0 Å². The minimum absolute atomic E-state index is 0. The number of hydrogen-bond acceptors (Lipinski definition) is 15. The van der Waals surface area contributed by atoms with E-state index in [9.17, 15) is 44.1 Å². The molecule has 3 heterocycles. The molecule has 0 atom stereocenters. The standard InChI is InChI=1S/3C9H12N2O4.Gd/c3*1-5-4-6(12)7(13)8(15-5)9(14)11-3-2-10;/h3*4,13H,2-3,10H2,1H3,(H,11,14);/q;;;+3/p-3. The minimum atomic E-state index is -0.935. The molecule has 19 heteroatoms. The number of hydrogen-bond donors (Lipinski definition) is 6. The average molecular weight is 791 g/mol. The van der Waals surface area contributed by atoms with Gasteiger partial charge in [0.15, 0.2) is 33.6 Å². The van der Waals surface area contributed by atoms with E-state index in [0.29, 0.717) is 0 Å². The predicted molar refractivity (Wildman–Crippen MR) is 152 cm³/mol. The van der Waals surface area contributed by atoms with Crippen LogP contribution in [0.15, 0.2) is 45.8 Å². The molecule has 1 radical (unpaired) electrons. The van der Waals surface area contributed by atoms with Gasteiger partial charge in [-0.25, -0.2) is 0 Å². The Hall–Kier alpha value is -4.14. The fraction of sp³-hybridized carbons (Fsp3) is 0.333. The van der Waals surface area contributed by atoms with Gasteiger partial charge in [0, 0.05) is 57.5 Å². The Balaban J connectivity index is 0.000000653. The summed E-state index contributed by atoms with van der Waals surface area (Å²) < 4.78 is 14.6. The first-order valence-electron chi connectivity index (χ1n) is 13.1. The van der Waals surface area contributed by atoms with Gasteiger partial charge in [-0.2, -0.15) is 0 Å². The zero-order valence-electron chi connectivity index (χ0n) is 25.0. The summed E-state index contributed by atoms with van der Waals surface area (Å²) in [5.41, 5.74) is 13.2. The number of carbonyl (C=O) groups is 3. The smallest absolute Gasteiger partial charge is 0.867 e. The van der Waals surface area contributed by atoms with E-state index in [-0.39, 0.29) is 96.5 Å². The first kappa shape index (κ1) is 41.9. The van der Waals surface area contributed by atoms with Crippen molar-refractivity contribution in [1.82, 2.24) is 16.0 Å². The van der Waals surface area contributed by atoms with Crippen LogP contribution in [0, 0.1) is 60.7 Å². The molecule has 9 N–H and O–H groups in total. The van der Waals surface area contributed by atoms with Crippen molar-refractivity contribution >= 4 is 17.7 Å². The van der Waals surface area contributed by atoms with Gasteiger partial charge in [-0.05, 0) is 38.0 Å². The second kappa shape index (κ2) is 20.8. The summed E-state index contributed by atoms with van der Waals surface area (Å²) in [7, 11) is 0. The van der Waals surface area contributed by atoms with E-state index < -0.39 is 68.5 Å². The number of nitrogens with one attached hydrogen (secondary N) is 3. The van der Waals surface area contributed by atoms with E-state index in [1.807, 2.05) is 0 Å². The Morgan fingerprint density at radius 1 is 0.565 bits per heavy atom. The van der Waals surface area contributed by atoms with Crippen LogP contribution in [0.1, 0.15) is 48.9 Å². The largest absolute Gasteiger partial charge is 3.00 e. The predicted octanol–water partition coefficient (Wildman–Crippen LogP) is -3.87. The topological polar surface area (TPSA) is 325 Å². The van der Waals surface area contributed by atoms with Crippen molar-refractivity contribution in [3.8, 4) is 17.2 Å². The van der Waals surface area contributed by atoms with Crippen molar-refractivity contribution in [2.24, 2.45) is 17.2 Å². The van der Waals surface area contributed by atoms with Crippen LogP contribution >= 0.6 is 0 Å². The molecule has 3 aromatic heterocycles. The Bertz CT molecular complexity index is 1470. The summed E-state index contributed by atoms with van der Waals surface area (Å²) in [6.45, 7) is 5.85. The average Bonchev–Trinajstić information content (AvgIpc) is 2.99. The monoisotopic (exact) mass is 791 g/mol. The minimum Gasteiger partial charge on any atom is -0.867 e. The summed E-state index contributed by atoms with van der Waals surface area (Å²) in [6.07, 6.45) is 0. The van der Waals surface area contributed by atoms with Crippen LogP contribution < -0.4 is 64.8 Å². The first-order chi connectivity index (χ1) is 21.2. The van der Waals surface area contributed by atoms with Crippen molar-refractivity contribution in [2.75, 3.05) is 39.3 Å². The molecular weight excluding hydrogens is 758 g/mol. The molecule has 3 rings (SSSR count). The SMILES string of the molecule is Cc1cc(=O)c([O-])c(C(=O)NCCN)o1.Cc1cc(=O)c([O-])c(C(=O)NCCN)o1.Cc1cc(=O)c([O-])c(C(=O)NCCN)o1.[Gd+3]. The fourth-order valence-corrected chi connectivity index (χ4v) is 3.04. The van der Waals surface area contributed by atoms with Gasteiger partial charge in [0.05, 0.1) is 0 Å². The van der Waals surface area contributed by atoms with Crippen molar-refractivity contribution in [3.05, 3.63) is 83.4 Å². The summed E-state index contributed by atoms with van der Waals surface area (Å²) in [4.78, 5) is 67.2. The molecule has 0 saturated heterocycles. The van der Waals surface area contributed by atoms with Gasteiger partial charge in [0.2, 0.25) is 0 Å². The Morgan fingerprint density at radius 2 is 0.783 bits per heavy atom. The van der Waals surface area contributed by atoms with Crippen LogP contribution in [-0.2, 0) is 0 Å². The van der Waals surface area contributed by atoms with E-state index >= 15 is 0 Å². The number of amides is 3. The molecule has 0 aliphatic rings. The van der Waals surface area contributed by atoms with Crippen LogP contribution in [0.3, 0.4) is 0 Å². The molecule has 0 fully saturated rings. The van der Waals surface area contributed by atoms with Crippen LogP contribution in [0.5, 0.6) is 17.2 Å². The number of rotatable bonds is 9. The molecule has 0 aromatic carbocycles. The van der Waals surface area contributed by atoms with Crippen molar-refractivity contribution in [1.29, 1.82) is 0 Å². The van der Waals surface area contributed by atoms with E-state index in [1.54, 1.807) is 0 Å². The van der Waals surface area contributed by atoms with Crippen molar-refractivity contribution in [3.63, 3.8) is 0 Å². The molecule has 0 aliphatic heterocycles. The number of aryl methyl sites for hydroxylation is 3. The zero-order valence-corrected chi connectivity index (χ0v) is 27.2. The van der Waals surface area contributed by atoms with Gasteiger partial charge in [-0.15, -0.1) is 0 Å². The maximum atomic E-state index is 11.3. The maximum absolute atomic E-state index is 11.3. The molecule has 0 aliphatic carbocycles. The molecule has 0 unspecified atom stereocenters. The molecule has 3 aromatic rings. The van der Waals surface area contributed by atoms with E-state index in [2.05, 4.69) is 16.0 Å². The molecule has 0 saturated carbocycles. The normalized spacial score (nSPS) is 9.78. The van der Waals surface area contributed by atoms with Gasteiger partial charge in [0.1, 0.15) is 17.3 Å². The summed E-state index contributed by atoms with van der Waals surface area (Å²) in [6, 6.07) is 3.13.